The van der Waals surface area contributed by atoms with Crippen LogP contribution in [0, 0.1) is 5.92 Å². The number of nitrogens with zero attached hydrogens (tertiary/aromatic N) is 4. The summed E-state index contributed by atoms with van der Waals surface area (Å²) in [6, 6.07) is 8.21. The first-order valence-electron chi connectivity index (χ1n) is 17.4. The molecule has 0 radical (unpaired) electrons. The van der Waals surface area contributed by atoms with Gasteiger partial charge in [0.25, 0.3) is 11.8 Å². The van der Waals surface area contributed by atoms with E-state index in [2.05, 4.69) is 44.3 Å². The number of hydrogen-bond acceptors (Lipinski definition) is 11. The van der Waals surface area contributed by atoms with E-state index in [1.165, 1.54) is 0 Å². The number of rotatable bonds is 17. The summed E-state index contributed by atoms with van der Waals surface area (Å²) in [5, 5.41) is 16.5. The molecule has 0 spiro atoms. The van der Waals surface area contributed by atoms with E-state index in [9.17, 15) is 24.0 Å². The molecule has 2 aromatic heterocycles. The molecule has 15 heteroatoms. The fourth-order valence-electron chi connectivity index (χ4n) is 6.81. The molecule has 5 amide bonds. The van der Waals surface area contributed by atoms with Crippen molar-refractivity contribution in [2.75, 3.05) is 50.2 Å². The summed E-state index contributed by atoms with van der Waals surface area (Å²) < 4.78 is 13.1. The first kappa shape index (κ1) is 35.0. The van der Waals surface area contributed by atoms with Gasteiger partial charge in [-0.3, -0.25) is 34.2 Å². The Bertz CT molecular complexity index is 1740. The molecule has 1 aliphatic carbocycles. The van der Waals surface area contributed by atoms with Crippen molar-refractivity contribution in [2.45, 2.75) is 70.4 Å². The number of piperidine rings is 1. The molecule has 3 atom stereocenters. The monoisotopic (exact) mass is 688 g/mol. The van der Waals surface area contributed by atoms with Gasteiger partial charge in [0.15, 0.2) is 5.65 Å². The van der Waals surface area contributed by atoms with Crippen molar-refractivity contribution >= 4 is 46.7 Å². The molecular weight excluding hydrogens is 644 g/mol. The van der Waals surface area contributed by atoms with Gasteiger partial charge in [-0.1, -0.05) is 19.4 Å². The first-order chi connectivity index (χ1) is 24.3. The van der Waals surface area contributed by atoms with Crippen molar-refractivity contribution in [3.05, 3.63) is 53.3 Å². The van der Waals surface area contributed by atoms with Crippen LogP contribution < -0.4 is 21.3 Å². The Labute approximate surface area is 289 Å². The highest BCUT2D eigenvalue weighted by atomic mass is 16.5. The molecule has 266 valence electrons. The van der Waals surface area contributed by atoms with Gasteiger partial charge in [0.2, 0.25) is 17.7 Å². The Morgan fingerprint density at radius 1 is 1.02 bits per heavy atom. The van der Waals surface area contributed by atoms with E-state index in [-0.39, 0.29) is 36.3 Å². The molecule has 50 heavy (non-hydrogen) atoms. The topological polar surface area (TPSA) is 185 Å². The van der Waals surface area contributed by atoms with E-state index in [0.717, 1.165) is 54.2 Å². The zero-order valence-corrected chi connectivity index (χ0v) is 28.2. The van der Waals surface area contributed by atoms with E-state index in [1.54, 1.807) is 24.4 Å². The number of aromatic nitrogens is 3. The van der Waals surface area contributed by atoms with Gasteiger partial charge in [0.1, 0.15) is 11.9 Å². The predicted octanol–water partition coefficient (Wildman–Crippen LogP) is 2.32. The SMILES string of the molecule is CCCc1cc(N[C@@H]2CCC(CNC(=O)CCOCCOCCNc3cccc4c3C(=O)N(C3CCC(=O)NC3=O)C4=O)C2)n2nccc2n1. The molecule has 3 aliphatic rings. The molecule has 2 fully saturated rings. The number of nitrogens with one attached hydrogen (secondary N) is 4. The third-order valence-corrected chi connectivity index (χ3v) is 9.28. The zero-order chi connectivity index (χ0) is 35.0. The summed E-state index contributed by atoms with van der Waals surface area (Å²) in [5.74, 6) is -0.852. The molecule has 15 nitrogen and oxygen atoms in total. The lowest BCUT2D eigenvalue weighted by atomic mass is 10.0. The van der Waals surface area contributed by atoms with Crippen molar-refractivity contribution in [1.82, 2.24) is 30.1 Å². The van der Waals surface area contributed by atoms with Crippen LogP contribution in [-0.2, 0) is 30.3 Å². The van der Waals surface area contributed by atoms with E-state index in [4.69, 9.17) is 9.47 Å². The Morgan fingerprint density at radius 3 is 2.68 bits per heavy atom. The highest BCUT2D eigenvalue weighted by Gasteiger charge is 2.45. The van der Waals surface area contributed by atoms with Crippen LogP contribution >= 0.6 is 0 Å². The molecule has 3 aromatic rings. The minimum absolute atomic E-state index is 0.0392. The van der Waals surface area contributed by atoms with Gasteiger partial charge in [0.05, 0.1) is 43.8 Å². The number of imide groups is 2. The van der Waals surface area contributed by atoms with Crippen LogP contribution in [0.4, 0.5) is 11.5 Å². The van der Waals surface area contributed by atoms with Crippen LogP contribution in [0.25, 0.3) is 5.65 Å². The van der Waals surface area contributed by atoms with Gasteiger partial charge in [-0.25, -0.2) is 4.98 Å². The fraction of sp³-hybridized carbons (Fsp3) is 0.514. The van der Waals surface area contributed by atoms with Crippen molar-refractivity contribution in [3.8, 4) is 0 Å². The summed E-state index contributed by atoms with van der Waals surface area (Å²) in [7, 11) is 0. The smallest absolute Gasteiger partial charge is 0.264 e. The van der Waals surface area contributed by atoms with E-state index < -0.39 is 29.7 Å². The number of carbonyl (C=O) groups is 5. The summed E-state index contributed by atoms with van der Waals surface area (Å²) in [5.41, 5.74) is 2.79. The molecule has 0 bridgehead atoms. The second-order valence-electron chi connectivity index (χ2n) is 12.9. The van der Waals surface area contributed by atoms with Crippen molar-refractivity contribution in [1.29, 1.82) is 0 Å². The van der Waals surface area contributed by atoms with Crippen molar-refractivity contribution in [2.24, 2.45) is 5.92 Å². The van der Waals surface area contributed by atoms with E-state index in [0.29, 0.717) is 57.2 Å². The average molecular weight is 689 g/mol. The minimum atomic E-state index is -1.02. The van der Waals surface area contributed by atoms with Gasteiger partial charge in [-0.2, -0.15) is 9.61 Å². The van der Waals surface area contributed by atoms with Crippen molar-refractivity contribution < 1.29 is 33.4 Å². The van der Waals surface area contributed by atoms with Crippen LogP contribution in [0.15, 0.2) is 36.5 Å². The molecule has 6 rings (SSSR count). The van der Waals surface area contributed by atoms with E-state index >= 15 is 0 Å². The largest absolute Gasteiger partial charge is 0.382 e. The summed E-state index contributed by atoms with van der Waals surface area (Å²) in [6.45, 7) is 4.42. The normalized spacial score (nSPS) is 20.3. The number of benzene rings is 1. The molecule has 2 unspecified atom stereocenters. The summed E-state index contributed by atoms with van der Waals surface area (Å²) in [4.78, 5) is 68.1. The Morgan fingerprint density at radius 2 is 1.86 bits per heavy atom. The van der Waals surface area contributed by atoms with Gasteiger partial charge >= 0.3 is 0 Å². The molecule has 1 saturated heterocycles. The van der Waals surface area contributed by atoms with Gasteiger partial charge < -0.3 is 25.4 Å². The Hall–Kier alpha value is -4.89. The van der Waals surface area contributed by atoms with Crippen LogP contribution in [0.5, 0.6) is 0 Å². The predicted molar refractivity (Wildman–Crippen MR) is 183 cm³/mol. The maximum atomic E-state index is 13.2. The van der Waals surface area contributed by atoms with Gasteiger partial charge in [-0.05, 0) is 50.2 Å². The number of hydrogen-bond donors (Lipinski definition) is 4. The zero-order valence-electron chi connectivity index (χ0n) is 28.2. The van der Waals surface area contributed by atoms with Gasteiger partial charge in [0, 0.05) is 55.5 Å². The van der Waals surface area contributed by atoms with Crippen LogP contribution in [0.2, 0.25) is 0 Å². The maximum Gasteiger partial charge on any atom is 0.264 e. The molecule has 4 N–H and O–H groups in total. The average Bonchev–Trinajstić information content (AvgIpc) is 3.82. The van der Waals surface area contributed by atoms with Crippen LogP contribution in [-0.4, -0.2) is 101 Å². The quantitative estimate of drug-likeness (QED) is 0.121. The van der Waals surface area contributed by atoms with Crippen LogP contribution in [0.1, 0.15) is 78.3 Å². The summed E-state index contributed by atoms with van der Waals surface area (Å²) in [6.07, 6.45) is 7.19. The molecule has 4 heterocycles. The highest BCUT2D eigenvalue weighted by Crippen LogP contribution is 2.32. The third-order valence-electron chi connectivity index (χ3n) is 9.28. The standard InChI is InChI=1S/C35H44N8O7/c1-2-4-23-20-29(43-28(39-23)11-13-38-43)40-24-8-7-22(19-24)21-37-30(44)12-15-49-17-18-50-16-14-36-26-6-3-5-25-32(26)35(48)42(34(25)47)27-9-10-31(45)41-33(27)46/h3,5-6,11,13,20,22,24,27,36,40H,2,4,7-10,12,14-19,21H2,1H3,(H,37,44)(H,41,45,46)/t22?,24-,27?/m1/s1. The number of anilines is 2. The minimum Gasteiger partial charge on any atom is -0.382 e. The molecule has 2 aliphatic heterocycles. The lowest BCUT2D eigenvalue weighted by Gasteiger charge is -2.27. The second kappa shape index (κ2) is 16.2. The fourth-order valence-corrected chi connectivity index (χ4v) is 6.81. The number of aryl methyl sites for hydroxylation is 1. The number of fused-ring (bicyclic) bond motifs is 2. The maximum absolute atomic E-state index is 13.2. The number of ether oxygens (including phenoxy) is 2. The molecule has 1 aromatic carbocycles. The molecule has 1 saturated carbocycles. The number of amides is 5. The molecular formula is C35H44N8O7. The van der Waals surface area contributed by atoms with Crippen LogP contribution in [0.3, 0.4) is 0 Å². The Balaban J connectivity index is 0.830. The first-order valence-corrected chi connectivity index (χ1v) is 17.4. The van der Waals surface area contributed by atoms with Crippen molar-refractivity contribution in [3.63, 3.8) is 0 Å². The van der Waals surface area contributed by atoms with E-state index in [1.807, 2.05) is 10.6 Å². The third kappa shape index (κ3) is 8.11. The Kier molecular flexibility index (Phi) is 11.3. The number of carbonyl (C=O) groups excluding carboxylic acids is 5. The lowest BCUT2D eigenvalue weighted by molar-refractivity contribution is -0.136. The van der Waals surface area contributed by atoms with Gasteiger partial charge in [-0.15, -0.1) is 0 Å². The second-order valence-corrected chi connectivity index (χ2v) is 12.9. The lowest BCUT2D eigenvalue weighted by Crippen LogP contribution is -2.54. The highest BCUT2D eigenvalue weighted by molar-refractivity contribution is 6.25. The summed E-state index contributed by atoms with van der Waals surface area (Å²) >= 11 is 0.